The molecule has 1 N–H and O–H groups in total. The second-order valence-electron chi connectivity index (χ2n) is 5.90. The van der Waals surface area contributed by atoms with E-state index in [2.05, 4.69) is 26.3 Å². The van der Waals surface area contributed by atoms with Crippen molar-refractivity contribution in [2.24, 2.45) is 5.10 Å². The van der Waals surface area contributed by atoms with Crippen LogP contribution in [0.3, 0.4) is 0 Å². The number of benzene rings is 1. The minimum absolute atomic E-state index is 0.111. The molecule has 2 aliphatic rings. The van der Waals surface area contributed by atoms with Crippen molar-refractivity contribution in [1.29, 1.82) is 0 Å². The van der Waals surface area contributed by atoms with Gasteiger partial charge in [0.05, 0.1) is 15.6 Å². The van der Waals surface area contributed by atoms with Crippen LogP contribution < -0.4 is 5.32 Å². The first-order valence-corrected chi connectivity index (χ1v) is 8.37. The Labute approximate surface area is 146 Å². The Morgan fingerprint density at radius 2 is 2.00 bits per heavy atom. The van der Waals surface area contributed by atoms with Crippen LogP contribution in [0.15, 0.2) is 27.8 Å². The molecule has 24 heavy (non-hydrogen) atoms. The molecule has 3 amide bonds. The van der Waals surface area contributed by atoms with E-state index >= 15 is 0 Å². The average molecular weight is 395 g/mol. The quantitative estimate of drug-likeness (QED) is 0.368. The lowest BCUT2D eigenvalue weighted by atomic mass is 9.82. The summed E-state index contributed by atoms with van der Waals surface area (Å²) in [5, 5.41) is 18.5. The van der Waals surface area contributed by atoms with E-state index < -0.39 is 16.5 Å². The number of carbonyl (C=O) groups is 2. The summed E-state index contributed by atoms with van der Waals surface area (Å²) in [7, 11) is 0. The number of nitro benzene ring substituents is 1. The van der Waals surface area contributed by atoms with Crippen LogP contribution in [-0.2, 0) is 4.79 Å². The van der Waals surface area contributed by atoms with Gasteiger partial charge in [0.2, 0.25) is 0 Å². The number of nitrogens with one attached hydrogen (secondary N) is 1. The van der Waals surface area contributed by atoms with Gasteiger partial charge >= 0.3 is 6.03 Å². The van der Waals surface area contributed by atoms with Crippen molar-refractivity contribution in [3.05, 3.63) is 38.3 Å². The highest BCUT2D eigenvalue weighted by Gasteiger charge is 2.51. The van der Waals surface area contributed by atoms with Gasteiger partial charge in [0.1, 0.15) is 5.54 Å². The van der Waals surface area contributed by atoms with Gasteiger partial charge in [0.15, 0.2) is 0 Å². The standard InChI is InChI=1S/C15H15BrN4O4/c16-11-5-4-10(8-12(11)20(23)24)9-17-19-13(21)15(18-14(19)22)6-2-1-3-7-15/h4-5,8-9H,1-3,6-7H2,(H,18,22)/b17-9-. The van der Waals surface area contributed by atoms with E-state index in [1.807, 2.05) is 0 Å². The van der Waals surface area contributed by atoms with Crippen molar-refractivity contribution in [2.75, 3.05) is 0 Å². The monoisotopic (exact) mass is 394 g/mol. The van der Waals surface area contributed by atoms with Gasteiger partial charge in [0.25, 0.3) is 11.6 Å². The van der Waals surface area contributed by atoms with Crippen molar-refractivity contribution < 1.29 is 14.5 Å². The van der Waals surface area contributed by atoms with Crippen LogP contribution in [0, 0.1) is 10.1 Å². The Morgan fingerprint density at radius 3 is 2.67 bits per heavy atom. The first kappa shape index (κ1) is 16.6. The highest BCUT2D eigenvalue weighted by molar-refractivity contribution is 9.10. The van der Waals surface area contributed by atoms with Crippen LogP contribution in [0.25, 0.3) is 0 Å². The molecule has 0 bridgehead atoms. The van der Waals surface area contributed by atoms with Crippen molar-refractivity contribution in [3.8, 4) is 0 Å². The third-order valence-electron chi connectivity index (χ3n) is 4.34. The molecule has 3 rings (SSSR count). The molecule has 1 heterocycles. The van der Waals surface area contributed by atoms with Gasteiger partial charge in [-0.2, -0.15) is 5.10 Å². The van der Waals surface area contributed by atoms with Crippen LogP contribution in [0.4, 0.5) is 10.5 Å². The van der Waals surface area contributed by atoms with Crippen LogP contribution >= 0.6 is 15.9 Å². The first-order valence-electron chi connectivity index (χ1n) is 7.58. The number of hydrogen-bond acceptors (Lipinski definition) is 5. The maximum absolute atomic E-state index is 12.6. The second-order valence-corrected chi connectivity index (χ2v) is 6.76. The smallest absolute Gasteiger partial charge is 0.321 e. The lowest BCUT2D eigenvalue weighted by Gasteiger charge is -2.29. The first-order chi connectivity index (χ1) is 11.4. The van der Waals surface area contributed by atoms with E-state index in [4.69, 9.17) is 0 Å². The SMILES string of the molecule is O=C1NC2(CCCCC2)C(=O)N1/N=C\c1ccc(Br)c([N+](=O)[O-])c1. The van der Waals surface area contributed by atoms with Crippen molar-refractivity contribution in [1.82, 2.24) is 10.3 Å². The third-order valence-corrected chi connectivity index (χ3v) is 5.01. The molecule has 1 aliphatic carbocycles. The summed E-state index contributed by atoms with van der Waals surface area (Å²) in [5.74, 6) is -0.352. The molecule has 1 aromatic rings. The molecule has 0 atom stereocenters. The zero-order valence-corrected chi connectivity index (χ0v) is 14.3. The second kappa shape index (κ2) is 6.31. The van der Waals surface area contributed by atoms with E-state index in [0.29, 0.717) is 22.9 Å². The number of carbonyl (C=O) groups excluding carboxylic acids is 2. The van der Waals surface area contributed by atoms with E-state index in [9.17, 15) is 19.7 Å². The van der Waals surface area contributed by atoms with Crippen LogP contribution in [0.2, 0.25) is 0 Å². The number of imide groups is 1. The van der Waals surface area contributed by atoms with Crippen LogP contribution in [-0.4, -0.2) is 33.6 Å². The van der Waals surface area contributed by atoms with Crippen molar-refractivity contribution in [2.45, 2.75) is 37.6 Å². The summed E-state index contributed by atoms with van der Waals surface area (Å²) >= 11 is 3.10. The maximum atomic E-state index is 12.6. The molecular weight excluding hydrogens is 380 g/mol. The fraction of sp³-hybridized carbons (Fsp3) is 0.400. The van der Waals surface area contributed by atoms with Gasteiger partial charge in [-0.1, -0.05) is 25.3 Å². The molecule has 2 fully saturated rings. The number of hydrogen-bond donors (Lipinski definition) is 1. The largest absolute Gasteiger partial charge is 0.346 e. The lowest BCUT2D eigenvalue weighted by molar-refractivity contribution is -0.385. The normalized spacial score (nSPS) is 20.0. The van der Waals surface area contributed by atoms with Gasteiger partial charge in [0, 0.05) is 11.6 Å². The molecule has 126 valence electrons. The molecule has 0 aromatic heterocycles. The Bertz CT molecular complexity index is 743. The zero-order valence-electron chi connectivity index (χ0n) is 12.7. The van der Waals surface area contributed by atoms with Crippen LogP contribution in [0.5, 0.6) is 0 Å². The highest BCUT2D eigenvalue weighted by atomic mass is 79.9. The van der Waals surface area contributed by atoms with Crippen molar-refractivity contribution >= 4 is 39.8 Å². The number of rotatable bonds is 3. The fourth-order valence-corrected chi connectivity index (χ4v) is 3.47. The van der Waals surface area contributed by atoms with E-state index in [1.165, 1.54) is 18.3 Å². The molecule has 1 aromatic carbocycles. The third kappa shape index (κ3) is 2.91. The molecule has 0 radical (unpaired) electrons. The molecule has 0 unspecified atom stereocenters. The molecule has 1 spiro atoms. The minimum Gasteiger partial charge on any atom is -0.321 e. The van der Waals surface area contributed by atoms with E-state index in [-0.39, 0.29) is 11.6 Å². The molecule has 8 nitrogen and oxygen atoms in total. The van der Waals surface area contributed by atoms with Gasteiger partial charge in [-0.3, -0.25) is 14.9 Å². The molecule has 1 saturated heterocycles. The molecular formula is C15H15BrN4O4. The van der Waals surface area contributed by atoms with Crippen LogP contribution in [0.1, 0.15) is 37.7 Å². The predicted molar refractivity (Wildman–Crippen MR) is 89.6 cm³/mol. The minimum atomic E-state index is -0.835. The summed E-state index contributed by atoms with van der Waals surface area (Å²) in [6.45, 7) is 0. The molecule has 1 saturated carbocycles. The van der Waals surface area contributed by atoms with Gasteiger partial charge in [-0.25, -0.2) is 4.79 Å². The number of amides is 3. The summed E-state index contributed by atoms with van der Waals surface area (Å²) in [6, 6.07) is 3.90. The maximum Gasteiger partial charge on any atom is 0.346 e. The van der Waals surface area contributed by atoms with Gasteiger partial charge in [-0.05, 0) is 34.8 Å². The number of urea groups is 1. The number of nitro groups is 1. The van der Waals surface area contributed by atoms with E-state index in [0.717, 1.165) is 24.3 Å². The average Bonchev–Trinajstić information content (AvgIpc) is 2.77. The van der Waals surface area contributed by atoms with Gasteiger partial charge in [-0.15, -0.1) is 5.01 Å². The fourth-order valence-electron chi connectivity index (χ4n) is 3.08. The zero-order chi connectivity index (χ0) is 17.3. The topological polar surface area (TPSA) is 105 Å². The Kier molecular flexibility index (Phi) is 4.35. The predicted octanol–water partition coefficient (Wildman–Crippen LogP) is 2.95. The number of halogens is 1. The van der Waals surface area contributed by atoms with Gasteiger partial charge < -0.3 is 5.32 Å². The molecule has 1 aliphatic heterocycles. The summed E-state index contributed by atoms with van der Waals surface area (Å²) < 4.78 is 0.348. The number of hydrazone groups is 1. The summed E-state index contributed by atoms with van der Waals surface area (Å²) in [6.07, 6.45) is 5.35. The Hall–Kier alpha value is -2.29. The van der Waals surface area contributed by atoms with Crippen molar-refractivity contribution in [3.63, 3.8) is 0 Å². The summed E-state index contributed by atoms with van der Waals surface area (Å²) in [4.78, 5) is 35.1. The Morgan fingerprint density at radius 1 is 1.29 bits per heavy atom. The highest BCUT2D eigenvalue weighted by Crippen LogP contribution is 2.33. The lowest BCUT2D eigenvalue weighted by Crippen LogP contribution is -2.48. The summed E-state index contributed by atoms with van der Waals surface area (Å²) in [5.41, 5.74) is -0.520. The number of nitrogens with zero attached hydrogens (tertiary/aromatic N) is 3. The molecule has 9 heteroatoms. The Balaban J connectivity index is 1.82. The van der Waals surface area contributed by atoms with E-state index in [1.54, 1.807) is 6.07 Å².